The lowest BCUT2D eigenvalue weighted by Crippen LogP contribution is -2.39. The van der Waals surface area contributed by atoms with Gasteiger partial charge in [-0.1, -0.05) is 19.3 Å². The molecule has 0 saturated heterocycles. The summed E-state index contributed by atoms with van der Waals surface area (Å²) in [4.78, 5) is 39.1. The molecule has 3 aromatic rings. The summed E-state index contributed by atoms with van der Waals surface area (Å²) in [5.41, 5.74) is 3.31. The number of hydrogen-bond acceptors (Lipinski definition) is 5. The Bertz CT molecular complexity index is 1410. The second kappa shape index (κ2) is 9.79. The zero-order valence-electron chi connectivity index (χ0n) is 21.1. The van der Waals surface area contributed by atoms with E-state index < -0.39 is 11.3 Å². The van der Waals surface area contributed by atoms with Crippen LogP contribution in [0.15, 0.2) is 33.2 Å². The summed E-state index contributed by atoms with van der Waals surface area (Å²) in [5, 5.41) is 8.68. The summed E-state index contributed by atoms with van der Waals surface area (Å²) in [5.74, 6) is -0.463. The molecular weight excluding hydrogens is 454 g/mol. The second-order valence-electron chi connectivity index (χ2n) is 10.1. The number of amides is 1. The Labute approximate surface area is 210 Å². The first kappa shape index (κ1) is 24.1. The third-order valence-electron chi connectivity index (χ3n) is 7.68. The van der Waals surface area contributed by atoms with Crippen molar-refractivity contribution in [2.75, 3.05) is 6.54 Å². The molecule has 0 unspecified atom stereocenters. The van der Waals surface area contributed by atoms with Crippen LogP contribution in [0.1, 0.15) is 72.3 Å². The maximum atomic E-state index is 13.2. The van der Waals surface area contributed by atoms with E-state index in [0.29, 0.717) is 18.8 Å². The van der Waals surface area contributed by atoms with Gasteiger partial charge in [-0.2, -0.15) is 5.10 Å². The van der Waals surface area contributed by atoms with Gasteiger partial charge in [-0.05, 0) is 69.9 Å². The summed E-state index contributed by atoms with van der Waals surface area (Å²) in [6, 6.07) is 2.28. The molecule has 3 aliphatic rings. The predicted octanol–water partition coefficient (Wildman–Crippen LogP) is 4.00. The third kappa shape index (κ3) is 4.27. The van der Waals surface area contributed by atoms with E-state index in [1.165, 1.54) is 22.9 Å². The van der Waals surface area contributed by atoms with Gasteiger partial charge < -0.3 is 9.88 Å². The lowest BCUT2D eigenvalue weighted by atomic mass is 9.96. The van der Waals surface area contributed by atoms with Crippen LogP contribution in [0.5, 0.6) is 0 Å². The van der Waals surface area contributed by atoms with Crippen molar-refractivity contribution in [3.8, 4) is 0 Å². The molecule has 0 atom stereocenters. The van der Waals surface area contributed by atoms with Crippen LogP contribution in [0, 0.1) is 13.8 Å². The van der Waals surface area contributed by atoms with Crippen LogP contribution in [0.25, 0.3) is 11.0 Å². The highest BCUT2D eigenvalue weighted by Gasteiger charge is 2.38. The fourth-order valence-electron chi connectivity index (χ4n) is 5.70. The summed E-state index contributed by atoms with van der Waals surface area (Å²) >= 11 is 0. The minimum Gasteiger partial charge on any atom is -0.351 e. The Morgan fingerprint density at radius 2 is 1.94 bits per heavy atom. The molecule has 1 N–H and O–H groups in total. The maximum Gasteiger partial charge on any atom is 0.275 e. The van der Waals surface area contributed by atoms with E-state index in [4.69, 9.17) is 4.98 Å². The average Bonchev–Trinajstić information content (AvgIpc) is 3.47. The van der Waals surface area contributed by atoms with Crippen molar-refractivity contribution in [2.24, 2.45) is 9.98 Å². The highest BCUT2D eigenvalue weighted by atomic mass is 16.2. The van der Waals surface area contributed by atoms with Crippen LogP contribution in [-0.2, 0) is 18.5 Å². The minimum absolute atomic E-state index is 0.134. The Morgan fingerprint density at radius 3 is 2.72 bits per heavy atom. The summed E-state index contributed by atoms with van der Waals surface area (Å²) < 4.78 is 4.10. The van der Waals surface area contributed by atoms with E-state index in [1.54, 1.807) is 4.68 Å². The van der Waals surface area contributed by atoms with E-state index in [1.807, 2.05) is 13.1 Å². The Balaban J connectivity index is 1.72. The largest absolute Gasteiger partial charge is 0.351 e. The van der Waals surface area contributed by atoms with Gasteiger partial charge in [-0.25, -0.2) is 9.98 Å². The summed E-state index contributed by atoms with van der Waals surface area (Å²) in [7, 11) is 0. The van der Waals surface area contributed by atoms with Gasteiger partial charge in [-0.3, -0.25) is 19.3 Å². The maximum absolute atomic E-state index is 13.2. The molecule has 1 amide bonds. The lowest BCUT2D eigenvalue weighted by molar-refractivity contribution is 0.0943. The topological polar surface area (TPSA) is 107 Å². The van der Waals surface area contributed by atoms with Crippen LogP contribution in [0.4, 0.5) is 5.69 Å². The predicted molar refractivity (Wildman–Crippen MR) is 142 cm³/mol. The SMILES string of the molecule is C=N/C=N\c1c(C)n2nc(c1=O)C(=O)NCCCCCc1cnc3c(c1)c(C)cn3C1(CCCC1)C2. The molecular formula is C27H33N7O2. The first-order chi connectivity index (χ1) is 17.4. The second-order valence-corrected chi connectivity index (χ2v) is 10.1. The van der Waals surface area contributed by atoms with E-state index in [-0.39, 0.29) is 16.9 Å². The van der Waals surface area contributed by atoms with E-state index in [0.717, 1.165) is 57.0 Å². The third-order valence-corrected chi connectivity index (χ3v) is 7.68. The van der Waals surface area contributed by atoms with Crippen LogP contribution >= 0.6 is 0 Å². The number of aliphatic imine (C=N–C) groups is 2. The van der Waals surface area contributed by atoms with Gasteiger partial charge in [0.05, 0.1) is 17.8 Å². The van der Waals surface area contributed by atoms with E-state index in [2.05, 4.69) is 50.9 Å². The van der Waals surface area contributed by atoms with E-state index >= 15 is 0 Å². The van der Waals surface area contributed by atoms with Crippen LogP contribution in [0.2, 0.25) is 0 Å². The standard InChI is InChI=1S/C27H33N7O2/c1-18-15-33-25-21(18)13-20(14-30-25)9-5-4-8-12-29-26(36)23-24(35)22(31-17-28-3)19(2)34(32-23)16-27(33)10-6-7-11-27/h13-15,17H,3-12,16H2,1-2H3,(H,29,36)/b31-17-. The van der Waals surface area contributed by atoms with Crippen LogP contribution in [0.3, 0.4) is 0 Å². The van der Waals surface area contributed by atoms with Crippen molar-refractivity contribution in [2.45, 2.75) is 77.3 Å². The zero-order chi connectivity index (χ0) is 25.3. The van der Waals surface area contributed by atoms with Gasteiger partial charge in [-0.15, -0.1) is 0 Å². The number of rotatable bonds is 2. The van der Waals surface area contributed by atoms with Gasteiger partial charge >= 0.3 is 0 Å². The first-order valence-electron chi connectivity index (χ1n) is 12.8. The Hall–Kier alpha value is -3.62. The van der Waals surface area contributed by atoms with Crippen molar-refractivity contribution < 1.29 is 4.79 Å². The smallest absolute Gasteiger partial charge is 0.275 e. The van der Waals surface area contributed by atoms with Crippen molar-refractivity contribution in [1.29, 1.82) is 0 Å². The first-order valence-corrected chi connectivity index (χ1v) is 12.8. The lowest BCUT2D eigenvalue weighted by Gasteiger charge is -2.33. The number of nitrogens with zero attached hydrogens (tertiary/aromatic N) is 6. The number of carbonyl (C=O) groups is 1. The van der Waals surface area contributed by atoms with Crippen molar-refractivity contribution in [3.05, 3.63) is 51.2 Å². The molecule has 6 bridgehead atoms. The Morgan fingerprint density at radius 1 is 1.14 bits per heavy atom. The fraction of sp³-hybridized carbons (Fsp3) is 0.481. The average molecular weight is 488 g/mol. The number of aryl methyl sites for hydroxylation is 2. The molecule has 188 valence electrons. The molecule has 0 aromatic carbocycles. The van der Waals surface area contributed by atoms with Crippen molar-refractivity contribution >= 4 is 35.7 Å². The number of fused-ring (bicyclic) bond motifs is 7. The molecule has 3 aromatic heterocycles. The number of carbonyl (C=O) groups excluding carboxylic acids is 1. The highest BCUT2D eigenvalue weighted by Crippen LogP contribution is 2.41. The molecule has 1 fully saturated rings. The van der Waals surface area contributed by atoms with Gasteiger partial charge in [0.15, 0.2) is 5.69 Å². The zero-order valence-corrected chi connectivity index (χ0v) is 21.1. The van der Waals surface area contributed by atoms with Gasteiger partial charge in [0.25, 0.3) is 5.91 Å². The molecule has 1 saturated carbocycles. The molecule has 36 heavy (non-hydrogen) atoms. The number of pyridine rings is 1. The van der Waals surface area contributed by atoms with Crippen LogP contribution < -0.4 is 10.7 Å². The summed E-state index contributed by atoms with van der Waals surface area (Å²) in [6.07, 6.45) is 13.3. The quantitative estimate of drug-likeness (QED) is 0.436. The highest BCUT2D eigenvalue weighted by molar-refractivity contribution is 5.93. The molecule has 9 nitrogen and oxygen atoms in total. The number of nitrogens with one attached hydrogen (secondary N) is 1. The minimum atomic E-state index is -0.490. The van der Waals surface area contributed by atoms with Gasteiger partial charge in [0.1, 0.15) is 17.7 Å². The summed E-state index contributed by atoms with van der Waals surface area (Å²) in [6.45, 7) is 8.39. The van der Waals surface area contributed by atoms with Crippen molar-refractivity contribution in [3.63, 3.8) is 0 Å². The number of aromatic nitrogens is 4. The van der Waals surface area contributed by atoms with E-state index in [9.17, 15) is 9.59 Å². The molecule has 1 spiro atoms. The Kier molecular flexibility index (Phi) is 6.55. The van der Waals surface area contributed by atoms with Crippen molar-refractivity contribution in [1.82, 2.24) is 24.6 Å². The molecule has 6 rings (SSSR count). The normalized spacial score (nSPS) is 18.3. The molecule has 0 radical (unpaired) electrons. The molecule has 1 aliphatic carbocycles. The van der Waals surface area contributed by atoms with Gasteiger partial charge in [0, 0.05) is 24.3 Å². The number of hydrogen-bond donors (Lipinski definition) is 1. The van der Waals surface area contributed by atoms with Crippen LogP contribution in [-0.4, -0.2) is 44.8 Å². The molecule has 2 aliphatic heterocycles. The monoisotopic (exact) mass is 487 g/mol. The van der Waals surface area contributed by atoms with Gasteiger partial charge in [0.2, 0.25) is 5.43 Å². The molecule has 5 heterocycles. The molecule has 9 heteroatoms. The fourth-order valence-corrected chi connectivity index (χ4v) is 5.70.